The highest BCUT2D eigenvalue weighted by Crippen LogP contribution is 2.76. The number of fused-ring (bicyclic) bond motifs is 7. The number of rotatable bonds is 10. The van der Waals surface area contributed by atoms with Gasteiger partial charge in [-0.25, -0.2) is 8.42 Å². The molecule has 0 radical (unpaired) electrons. The lowest BCUT2D eigenvalue weighted by atomic mass is 9.32. The Kier molecular flexibility index (Phi) is 10.6. The Morgan fingerprint density at radius 3 is 2.07 bits per heavy atom. The lowest BCUT2D eigenvalue weighted by Gasteiger charge is -2.73. The fourth-order valence-electron chi connectivity index (χ4n) is 15.9. The summed E-state index contributed by atoms with van der Waals surface area (Å²) < 4.78 is 30.7. The Labute approximate surface area is 333 Å². The molecule has 0 bridgehead atoms. The van der Waals surface area contributed by atoms with E-state index in [-0.39, 0.29) is 56.8 Å². The van der Waals surface area contributed by atoms with Crippen LogP contribution in [0.5, 0.6) is 0 Å². The van der Waals surface area contributed by atoms with Crippen LogP contribution in [0.25, 0.3) is 0 Å². The quantitative estimate of drug-likeness (QED) is 0.197. The fourth-order valence-corrected chi connectivity index (χ4v) is 17.1. The van der Waals surface area contributed by atoms with Gasteiger partial charge in [0.15, 0.2) is 9.84 Å². The SMILES string of the molecule is CC(O)C(CCN[C@]12CC[C@@H](C(C)C)[C@@H]1[C@H]1CC[C@@H]3[C@@]4(C)CC[C@H](OC(=O)[C@H]5[C@@H](C(=O)O)C5(C)C)C(C)(C)[C@@H]4CC[C@@]3(C)[C@]1(C)CC2)N1CCS(=O)(=O)CC1. The van der Waals surface area contributed by atoms with Gasteiger partial charge in [0.2, 0.25) is 0 Å². The molecule has 3 N–H and O–H groups in total. The zero-order valence-electron chi connectivity index (χ0n) is 36.0. The lowest BCUT2D eigenvalue weighted by Crippen LogP contribution is -2.69. The molecule has 55 heavy (non-hydrogen) atoms. The van der Waals surface area contributed by atoms with Crippen LogP contribution < -0.4 is 5.32 Å². The molecule has 10 heteroatoms. The number of nitrogens with zero attached hydrogens (tertiary/aromatic N) is 1. The van der Waals surface area contributed by atoms with Gasteiger partial charge in [-0.3, -0.25) is 14.5 Å². The van der Waals surface area contributed by atoms with Crippen LogP contribution in [-0.4, -0.2) is 90.4 Å². The smallest absolute Gasteiger partial charge is 0.310 e. The first-order chi connectivity index (χ1) is 25.5. The summed E-state index contributed by atoms with van der Waals surface area (Å²) in [6, 6.07) is -0.0376. The minimum absolute atomic E-state index is 0.0376. The van der Waals surface area contributed by atoms with Crippen LogP contribution in [0.1, 0.15) is 140 Å². The number of aliphatic hydroxyl groups is 1. The first-order valence-electron chi connectivity index (χ1n) is 22.3. The van der Waals surface area contributed by atoms with Crippen molar-refractivity contribution in [1.82, 2.24) is 10.2 Å². The predicted octanol–water partition coefficient (Wildman–Crippen LogP) is 7.20. The summed E-state index contributed by atoms with van der Waals surface area (Å²) in [5.74, 6) is 1.56. The number of aliphatic carboxylic acids is 1. The number of aliphatic hydroxyl groups excluding tert-OH is 1. The molecule has 6 aliphatic carbocycles. The molecule has 7 rings (SSSR count). The van der Waals surface area contributed by atoms with Crippen molar-refractivity contribution in [2.24, 2.45) is 74.4 Å². The maximum atomic E-state index is 13.5. The van der Waals surface area contributed by atoms with E-state index in [2.05, 4.69) is 58.7 Å². The Morgan fingerprint density at radius 1 is 0.800 bits per heavy atom. The van der Waals surface area contributed by atoms with Crippen LogP contribution in [0.15, 0.2) is 0 Å². The Hall–Kier alpha value is -1.23. The number of ether oxygens (including phenoxy) is 1. The maximum Gasteiger partial charge on any atom is 0.310 e. The number of hydrogen-bond donors (Lipinski definition) is 3. The first kappa shape index (κ1) is 41.9. The number of carboxylic acids is 1. The maximum absolute atomic E-state index is 13.5. The Morgan fingerprint density at radius 2 is 1.47 bits per heavy atom. The summed E-state index contributed by atoms with van der Waals surface area (Å²) in [5, 5.41) is 24.8. The Balaban J connectivity index is 1.08. The average Bonchev–Trinajstić information content (AvgIpc) is 3.47. The highest BCUT2D eigenvalue weighted by molar-refractivity contribution is 7.91. The van der Waals surface area contributed by atoms with E-state index in [1.54, 1.807) is 0 Å². The molecule has 9 nitrogen and oxygen atoms in total. The second-order valence-corrected chi connectivity index (χ2v) is 24.7. The number of sulfone groups is 1. The van der Waals surface area contributed by atoms with Gasteiger partial charge in [0, 0.05) is 30.1 Å². The second kappa shape index (κ2) is 13.9. The van der Waals surface area contributed by atoms with Gasteiger partial charge in [-0.05, 0) is 141 Å². The largest absolute Gasteiger partial charge is 0.481 e. The summed E-state index contributed by atoms with van der Waals surface area (Å²) in [5.41, 5.74) is -0.0348. The normalized spacial score (nSPS) is 46.7. The number of carboxylic acid groups (broad SMARTS) is 1. The van der Waals surface area contributed by atoms with Gasteiger partial charge in [0.1, 0.15) is 6.10 Å². The molecule has 2 unspecified atom stereocenters. The molecule has 6 saturated carbocycles. The summed E-state index contributed by atoms with van der Waals surface area (Å²) in [7, 11) is -2.98. The van der Waals surface area contributed by atoms with Crippen molar-refractivity contribution in [2.45, 2.75) is 164 Å². The molecule has 314 valence electrons. The number of esters is 1. The van der Waals surface area contributed by atoms with E-state index in [9.17, 15) is 28.2 Å². The molecule has 1 saturated heterocycles. The number of hydrogen-bond acceptors (Lipinski definition) is 8. The third-order valence-corrected chi connectivity index (χ3v) is 20.8. The van der Waals surface area contributed by atoms with Gasteiger partial charge in [-0.2, -0.15) is 0 Å². The third-order valence-electron chi connectivity index (χ3n) is 19.2. The van der Waals surface area contributed by atoms with Crippen molar-refractivity contribution < 1.29 is 33.0 Å². The minimum Gasteiger partial charge on any atom is -0.481 e. The van der Waals surface area contributed by atoms with Crippen molar-refractivity contribution in [3.05, 3.63) is 0 Å². The first-order valence-corrected chi connectivity index (χ1v) is 24.1. The average molecular weight is 789 g/mol. The minimum atomic E-state index is -2.98. The van der Waals surface area contributed by atoms with Crippen molar-refractivity contribution in [3.63, 3.8) is 0 Å². The zero-order valence-corrected chi connectivity index (χ0v) is 36.8. The number of nitrogens with one attached hydrogen (secondary N) is 1. The molecule has 0 aromatic rings. The van der Waals surface area contributed by atoms with Gasteiger partial charge in [0.05, 0.1) is 29.4 Å². The van der Waals surface area contributed by atoms with Gasteiger partial charge in [-0.15, -0.1) is 0 Å². The molecule has 0 aromatic heterocycles. The summed E-state index contributed by atoms with van der Waals surface area (Å²) in [4.78, 5) is 27.6. The van der Waals surface area contributed by atoms with Gasteiger partial charge in [0.25, 0.3) is 0 Å². The van der Waals surface area contributed by atoms with E-state index in [0.29, 0.717) is 48.6 Å². The van der Waals surface area contributed by atoms with Crippen LogP contribution in [0.3, 0.4) is 0 Å². The number of carbonyl (C=O) groups excluding carboxylic acids is 1. The Bertz CT molecular complexity index is 1600. The van der Waals surface area contributed by atoms with E-state index < -0.39 is 39.2 Å². The highest BCUT2D eigenvalue weighted by Gasteiger charge is 2.72. The van der Waals surface area contributed by atoms with Crippen molar-refractivity contribution in [3.8, 4) is 0 Å². The molecule has 0 amide bonds. The van der Waals surface area contributed by atoms with Crippen LogP contribution in [0.2, 0.25) is 0 Å². The van der Waals surface area contributed by atoms with E-state index in [0.717, 1.165) is 32.2 Å². The monoisotopic (exact) mass is 789 g/mol. The topological polar surface area (TPSA) is 133 Å². The molecule has 7 aliphatic rings. The van der Waals surface area contributed by atoms with E-state index in [1.165, 1.54) is 44.9 Å². The lowest BCUT2D eigenvalue weighted by molar-refractivity contribution is -0.247. The van der Waals surface area contributed by atoms with Crippen molar-refractivity contribution in [2.75, 3.05) is 31.1 Å². The molecule has 7 fully saturated rings. The van der Waals surface area contributed by atoms with E-state index in [1.807, 2.05) is 20.8 Å². The van der Waals surface area contributed by atoms with Gasteiger partial charge in [-0.1, -0.05) is 62.3 Å². The molecule has 0 aromatic carbocycles. The molecular weight excluding hydrogens is 713 g/mol. The fraction of sp³-hybridized carbons (Fsp3) is 0.956. The zero-order chi connectivity index (χ0) is 40.3. The highest BCUT2D eigenvalue weighted by atomic mass is 32.2. The van der Waals surface area contributed by atoms with Crippen molar-refractivity contribution in [1.29, 1.82) is 0 Å². The van der Waals surface area contributed by atoms with Crippen molar-refractivity contribution >= 4 is 21.8 Å². The second-order valence-electron chi connectivity index (χ2n) is 22.4. The van der Waals surface area contributed by atoms with Gasteiger partial charge >= 0.3 is 11.9 Å². The summed E-state index contributed by atoms with van der Waals surface area (Å²) >= 11 is 0. The molecule has 14 atom stereocenters. The van der Waals surface area contributed by atoms with Crippen LogP contribution in [-0.2, 0) is 24.2 Å². The summed E-state index contributed by atoms with van der Waals surface area (Å²) in [6.45, 7) is 25.0. The van der Waals surface area contributed by atoms with Crippen LogP contribution in [0.4, 0.5) is 0 Å². The molecular formula is C45H76N2O7S. The van der Waals surface area contributed by atoms with Crippen LogP contribution in [0, 0.1) is 74.4 Å². The number of carbonyl (C=O) groups is 2. The van der Waals surface area contributed by atoms with E-state index >= 15 is 0 Å². The molecule has 0 spiro atoms. The summed E-state index contributed by atoms with van der Waals surface area (Å²) in [6.07, 6.45) is 11.8. The van der Waals surface area contributed by atoms with Gasteiger partial charge < -0.3 is 20.3 Å². The standard InChI is InChI=1S/C45H76N2O7S/c1-27(2)29-13-19-45(46-22-16-31(28(3)48)47-23-25-55(52,53)26-24-47)21-20-43(9)30(35(29)45)11-12-33-42(8)17-15-34(40(4,5)32(42)14-18-44(33,43)10)54-39(51)37-36(38(49)50)41(37,6)7/h27-37,46,48H,11-26H2,1-10H3,(H,49,50)/t28?,29-,30+,31?,32-,33+,34-,35+,36-,37+,42-,43+,44+,45-/m0/s1. The van der Waals surface area contributed by atoms with E-state index in [4.69, 9.17) is 4.74 Å². The molecule has 1 aliphatic heterocycles. The van der Waals surface area contributed by atoms with Crippen LogP contribution >= 0.6 is 0 Å². The predicted molar refractivity (Wildman–Crippen MR) is 216 cm³/mol. The third kappa shape index (κ3) is 6.49. The molecule has 1 heterocycles.